The fraction of sp³-hybridized carbons (Fsp3) is 0.385. The molecule has 0 bridgehead atoms. The van der Waals surface area contributed by atoms with Crippen molar-refractivity contribution in [3.05, 3.63) is 24.3 Å². The Kier molecular flexibility index (Phi) is 3.89. The van der Waals surface area contributed by atoms with Gasteiger partial charge in [0.2, 0.25) is 5.91 Å². The summed E-state index contributed by atoms with van der Waals surface area (Å²) in [6, 6.07) is 7.20. The van der Waals surface area contributed by atoms with Gasteiger partial charge >= 0.3 is 6.03 Å². The molecular weight excluding hydrogens is 244 g/mol. The minimum atomic E-state index is -0.0956. The molecule has 1 heterocycles. The number of nitrogen functional groups attached to an aromatic ring is 1. The highest BCUT2D eigenvalue weighted by Gasteiger charge is 2.30. The summed E-state index contributed by atoms with van der Waals surface area (Å²) >= 11 is 0. The van der Waals surface area contributed by atoms with Crippen LogP contribution in [-0.2, 0) is 4.79 Å². The first-order valence-electron chi connectivity index (χ1n) is 6.25. The number of benzene rings is 1. The van der Waals surface area contributed by atoms with Gasteiger partial charge in [-0.3, -0.25) is 9.69 Å². The second-order valence-corrected chi connectivity index (χ2v) is 4.40. The predicted molar refractivity (Wildman–Crippen MR) is 73.9 cm³/mol. The van der Waals surface area contributed by atoms with Crippen molar-refractivity contribution >= 4 is 23.3 Å². The average molecular weight is 262 g/mol. The molecule has 0 aromatic heterocycles. The predicted octanol–water partition coefficient (Wildman–Crippen LogP) is 0.647. The molecule has 102 valence electrons. The number of para-hydroxylation sites is 2. The Morgan fingerprint density at radius 2 is 2.11 bits per heavy atom. The first kappa shape index (κ1) is 13.2. The van der Waals surface area contributed by atoms with Crippen molar-refractivity contribution in [3.8, 4) is 0 Å². The van der Waals surface area contributed by atoms with E-state index in [1.807, 2.05) is 18.2 Å². The zero-order valence-electron chi connectivity index (χ0n) is 10.9. The van der Waals surface area contributed by atoms with Crippen LogP contribution in [0.2, 0.25) is 0 Å². The van der Waals surface area contributed by atoms with Crippen molar-refractivity contribution in [1.29, 1.82) is 0 Å². The highest BCUT2D eigenvalue weighted by molar-refractivity contribution is 5.97. The van der Waals surface area contributed by atoms with E-state index in [0.717, 1.165) is 5.69 Å². The molecule has 6 heteroatoms. The van der Waals surface area contributed by atoms with Gasteiger partial charge in [-0.2, -0.15) is 0 Å². The summed E-state index contributed by atoms with van der Waals surface area (Å²) in [6.45, 7) is 1.65. The van der Waals surface area contributed by atoms with E-state index in [9.17, 15) is 9.59 Å². The van der Waals surface area contributed by atoms with Gasteiger partial charge in [0, 0.05) is 33.1 Å². The summed E-state index contributed by atoms with van der Waals surface area (Å²) in [4.78, 5) is 26.7. The molecule has 0 radical (unpaired) electrons. The summed E-state index contributed by atoms with van der Waals surface area (Å²) in [5, 5.41) is 2.55. The van der Waals surface area contributed by atoms with Crippen LogP contribution in [0.4, 0.5) is 16.2 Å². The van der Waals surface area contributed by atoms with Gasteiger partial charge in [0.25, 0.3) is 0 Å². The van der Waals surface area contributed by atoms with E-state index in [2.05, 4.69) is 5.32 Å². The Balaban J connectivity index is 2.02. The van der Waals surface area contributed by atoms with Crippen LogP contribution < -0.4 is 16.0 Å². The molecule has 1 fully saturated rings. The Morgan fingerprint density at radius 1 is 1.37 bits per heavy atom. The molecule has 3 N–H and O–H groups in total. The molecule has 3 amide bonds. The number of carbonyl (C=O) groups is 2. The lowest BCUT2D eigenvalue weighted by Crippen LogP contribution is -2.34. The number of amides is 3. The highest BCUT2D eigenvalue weighted by atomic mass is 16.2. The van der Waals surface area contributed by atoms with Gasteiger partial charge in [-0.25, -0.2) is 4.79 Å². The smallest absolute Gasteiger partial charge is 0.324 e. The molecule has 0 atom stereocenters. The number of urea groups is 1. The molecule has 1 aliphatic heterocycles. The fourth-order valence-electron chi connectivity index (χ4n) is 2.11. The normalized spacial score (nSPS) is 14.9. The first-order valence-corrected chi connectivity index (χ1v) is 6.25. The van der Waals surface area contributed by atoms with E-state index in [4.69, 9.17) is 5.73 Å². The van der Waals surface area contributed by atoms with Crippen molar-refractivity contribution < 1.29 is 9.59 Å². The lowest BCUT2D eigenvalue weighted by Gasteiger charge is -2.19. The van der Waals surface area contributed by atoms with Gasteiger partial charge in [-0.1, -0.05) is 12.1 Å². The third kappa shape index (κ3) is 2.78. The standard InChI is InChI=1S/C13H18N4O2/c1-15-12(18)6-7-16-8-9-17(13(16)19)11-5-3-2-4-10(11)14/h2-5H,6-9,14H2,1H3,(H,15,18). The third-order valence-corrected chi connectivity index (χ3v) is 3.21. The quantitative estimate of drug-likeness (QED) is 0.782. The van der Waals surface area contributed by atoms with Crippen molar-refractivity contribution in [2.45, 2.75) is 6.42 Å². The van der Waals surface area contributed by atoms with E-state index < -0.39 is 0 Å². The van der Waals surface area contributed by atoms with Gasteiger partial charge in [0.05, 0.1) is 11.4 Å². The Hall–Kier alpha value is -2.24. The molecule has 1 aromatic rings. The molecule has 0 aliphatic carbocycles. The number of anilines is 2. The second kappa shape index (κ2) is 5.60. The summed E-state index contributed by atoms with van der Waals surface area (Å²) in [5.41, 5.74) is 7.19. The number of nitrogens with one attached hydrogen (secondary N) is 1. The maximum absolute atomic E-state index is 12.2. The van der Waals surface area contributed by atoms with E-state index in [1.54, 1.807) is 22.9 Å². The lowest BCUT2D eigenvalue weighted by atomic mass is 10.2. The van der Waals surface area contributed by atoms with E-state index >= 15 is 0 Å². The largest absolute Gasteiger partial charge is 0.397 e. The topological polar surface area (TPSA) is 78.7 Å². The van der Waals surface area contributed by atoms with Gasteiger partial charge in [-0.15, -0.1) is 0 Å². The van der Waals surface area contributed by atoms with E-state index in [-0.39, 0.29) is 11.9 Å². The summed E-state index contributed by atoms with van der Waals surface area (Å²) in [5.74, 6) is -0.0644. The van der Waals surface area contributed by atoms with Crippen LogP contribution in [0.5, 0.6) is 0 Å². The summed E-state index contributed by atoms with van der Waals surface area (Å²) in [6.07, 6.45) is 0.320. The summed E-state index contributed by atoms with van der Waals surface area (Å²) in [7, 11) is 1.59. The van der Waals surface area contributed by atoms with Crippen molar-refractivity contribution in [2.24, 2.45) is 0 Å². The molecule has 1 saturated heterocycles. The lowest BCUT2D eigenvalue weighted by molar-refractivity contribution is -0.120. The zero-order chi connectivity index (χ0) is 13.8. The molecule has 0 unspecified atom stereocenters. The van der Waals surface area contributed by atoms with Gasteiger partial charge < -0.3 is 16.0 Å². The van der Waals surface area contributed by atoms with Gasteiger partial charge in [0.1, 0.15) is 0 Å². The molecule has 0 spiro atoms. The van der Waals surface area contributed by atoms with Crippen LogP contribution in [-0.4, -0.2) is 43.5 Å². The minimum Gasteiger partial charge on any atom is -0.397 e. The molecule has 2 rings (SSSR count). The monoisotopic (exact) mass is 262 g/mol. The maximum atomic E-state index is 12.2. The fourth-order valence-corrected chi connectivity index (χ4v) is 2.11. The number of hydrogen-bond donors (Lipinski definition) is 2. The number of nitrogens with two attached hydrogens (primary N) is 1. The molecule has 0 saturated carbocycles. The first-order chi connectivity index (χ1) is 9.13. The minimum absolute atomic E-state index is 0.0644. The number of rotatable bonds is 4. The van der Waals surface area contributed by atoms with Crippen LogP contribution in [0, 0.1) is 0 Å². The maximum Gasteiger partial charge on any atom is 0.324 e. The van der Waals surface area contributed by atoms with Crippen molar-refractivity contribution in [1.82, 2.24) is 10.2 Å². The van der Waals surface area contributed by atoms with E-state index in [1.165, 1.54) is 0 Å². The number of nitrogens with zero attached hydrogens (tertiary/aromatic N) is 2. The van der Waals surface area contributed by atoms with Crippen LogP contribution in [0.1, 0.15) is 6.42 Å². The number of hydrogen-bond acceptors (Lipinski definition) is 3. The van der Waals surface area contributed by atoms with Crippen molar-refractivity contribution in [3.63, 3.8) is 0 Å². The second-order valence-electron chi connectivity index (χ2n) is 4.40. The Labute approximate surface area is 112 Å². The third-order valence-electron chi connectivity index (χ3n) is 3.21. The van der Waals surface area contributed by atoms with Crippen LogP contribution in [0.3, 0.4) is 0 Å². The van der Waals surface area contributed by atoms with Crippen LogP contribution in [0.25, 0.3) is 0 Å². The average Bonchev–Trinajstić information content (AvgIpc) is 2.78. The molecule has 6 nitrogen and oxygen atoms in total. The van der Waals surface area contributed by atoms with Gasteiger partial charge in [-0.05, 0) is 12.1 Å². The number of carbonyl (C=O) groups excluding carboxylic acids is 2. The molecule has 1 aliphatic rings. The summed E-state index contributed by atoms with van der Waals surface area (Å²) < 4.78 is 0. The highest BCUT2D eigenvalue weighted by Crippen LogP contribution is 2.26. The van der Waals surface area contributed by atoms with E-state index in [0.29, 0.717) is 31.7 Å². The molecule has 19 heavy (non-hydrogen) atoms. The van der Waals surface area contributed by atoms with Gasteiger partial charge in [0.15, 0.2) is 0 Å². The SMILES string of the molecule is CNC(=O)CCN1CCN(c2ccccc2N)C1=O. The van der Waals surface area contributed by atoms with Crippen LogP contribution in [0.15, 0.2) is 24.3 Å². The molecule has 1 aromatic carbocycles. The van der Waals surface area contributed by atoms with Crippen LogP contribution >= 0.6 is 0 Å². The Bertz CT molecular complexity index is 489. The molecular formula is C13H18N4O2. The zero-order valence-corrected chi connectivity index (χ0v) is 10.9. The Morgan fingerprint density at radius 3 is 2.79 bits per heavy atom. The van der Waals surface area contributed by atoms with Crippen molar-refractivity contribution in [2.75, 3.05) is 37.3 Å².